The van der Waals surface area contributed by atoms with Crippen LogP contribution in [0.2, 0.25) is 0 Å². The first-order chi connectivity index (χ1) is 9.81. The SMILES string of the molecule is O=C(Nc1cnn(Cc2ccccc2)c1)c1nn[nH]n1. The molecule has 8 heteroatoms. The number of benzene rings is 1. The fraction of sp³-hybridized carbons (Fsp3) is 0.0833. The van der Waals surface area contributed by atoms with E-state index in [2.05, 4.69) is 31.0 Å². The maximum atomic E-state index is 11.7. The summed E-state index contributed by atoms with van der Waals surface area (Å²) in [6.45, 7) is 0.638. The van der Waals surface area contributed by atoms with Gasteiger partial charge in [0.05, 0.1) is 18.4 Å². The predicted octanol–water partition coefficient (Wildman–Crippen LogP) is 0.697. The van der Waals surface area contributed by atoms with Gasteiger partial charge in [-0.3, -0.25) is 9.48 Å². The molecule has 2 aromatic heterocycles. The molecule has 0 saturated carbocycles. The Bertz CT molecular complexity index is 690. The molecule has 0 aliphatic carbocycles. The third-order valence-corrected chi connectivity index (χ3v) is 2.63. The van der Waals surface area contributed by atoms with Crippen molar-refractivity contribution >= 4 is 11.6 Å². The zero-order valence-corrected chi connectivity index (χ0v) is 10.4. The van der Waals surface area contributed by atoms with E-state index < -0.39 is 5.91 Å². The summed E-state index contributed by atoms with van der Waals surface area (Å²) in [4.78, 5) is 11.7. The molecule has 0 radical (unpaired) electrons. The van der Waals surface area contributed by atoms with Crippen LogP contribution in [0.4, 0.5) is 5.69 Å². The van der Waals surface area contributed by atoms with E-state index in [0.717, 1.165) is 5.56 Å². The van der Waals surface area contributed by atoms with Crippen LogP contribution in [-0.4, -0.2) is 36.3 Å². The summed E-state index contributed by atoms with van der Waals surface area (Å²) < 4.78 is 1.74. The number of carbonyl (C=O) groups excluding carboxylic acids is 1. The van der Waals surface area contributed by atoms with Crippen LogP contribution in [0.15, 0.2) is 42.7 Å². The van der Waals surface area contributed by atoms with Gasteiger partial charge < -0.3 is 5.32 Å². The number of aromatic nitrogens is 6. The first-order valence-electron chi connectivity index (χ1n) is 5.92. The van der Waals surface area contributed by atoms with E-state index in [4.69, 9.17) is 0 Å². The Morgan fingerprint density at radius 3 is 2.90 bits per heavy atom. The third kappa shape index (κ3) is 2.69. The first kappa shape index (κ1) is 12.0. The van der Waals surface area contributed by atoms with Gasteiger partial charge in [0.2, 0.25) is 0 Å². The monoisotopic (exact) mass is 269 g/mol. The lowest BCUT2D eigenvalue weighted by molar-refractivity contribution is 0.101. The summed E-state index contributed by atoms with van der Waals surface area (Å²) in [6, 6.07) is 9.93. The molecular formula is C12H11N7O. The molecule has 100 valence electrons. The van der Waals surface area contributed by atoms with Crippen molar-refractivity contribution in [3.63, 3.8) is 0 Å². The molecule has 2 heterocycles. The van der Waals surface area contributed by atoms with Crippen LogP contribution >= 0.6 is 0 Å². The van der Waals surface area contributed by atoms with E-state index in [1.54, 1.807) is 17.1 Å². The molecule has 0 saturated heterocycles. The van der Waals surface area contributed by atoms with Crippen molar-refractivity contribution < 1.29 is 4.79 Å². The van der Waals surface area contributed by atoms with Crippen molar-refractivity contribution in [2.75, 3.05) is 5.32 Å². The molecule has 0 unspecified atom stereocenters. The minimum absolute atomic E-state index is 0.0131. The largest absolute Gasteiger partial charge is 0.316 e. The molecule has 0 aliphatic heterocycles. The molecule has 2 N–H and O–H groups in total. The average Bonchev–Trinajstić information content (AvgIpc) is 3.11. The number of nitrogens with zero attached hydrogens (tertiary/aromatic N) is 5. The maximum absolute atomic E-state index is 11.7. The molecule has 0 fully saturated rings. The number of aromatic amines is 1. The van der Waals surface area contributed by atoms with Gasteiger partial charge in [-0.15, -0.1) is 10.2 Å². The lowest BCUT2D eigenvalue weighted by Gasteiger charge is -2.01. The van der Waals surface area contributed by atoms with E-state index >= 15 is 0 Å². The highest BCUT2D eigenvalue weighted by Crippen LogP contribution is 2.08. The van der Waals surface area contributed by atoms with Gasteiger partial charge in [-0.1, -0.05) is 30.3 Å². The van der Waals surface area contributed by atoms with Crippen LogP contribution in [0.25, 0.3) is 0 Å². The molecule has 0 spiro atoms. The number of rotatable bonds is 4. The number of tetrazole rings is 1. The fourth-order valence-corrected chi connectivity index (χ4v) is 1.73. The molecule has 3 rings (SSSR count). The number of amides is 1. The molecule has 0 aliphatic rings. The van der Waals surface area contributed by atoms with E-state index in [9.17, 15) is 4.79 Å². The number of hydrogen-bond donors (Lipinski definition) is 2. The molecule has 1 aromatic carbocycles. The summed E-state index contributed by atoms with van der Waals surface area (Å²) in [5, 5.41) is 19.6. The lowest BCUT2D eigenvalue weighted by Crippen LogP contribution is -2.13. The molecule has 0 bridgehead atoms. The Labute approximate surface area is 113 Å². The van der Waals surface area contributed by atoms with Gasteiger partial charge in [-0.2, -0.15) is 10.3 Å². The van der Waals surface area contributed by atoms with Gasteiger partial charge in [-0.05, 0) is 10.8 Å². The Morgan fingerprint density at radius 1 is 1.30 bits per heavy atom. The zero-order valence-electron chi connectivity index (χ0n) is 10.4. The topological polar surface area (TPSA) is 101 Å². The molecule has 20 heavy (non-hydrogen) atoms. The average molecular weight is 269 g/mol. The van der Waals surface area contributed by atoms with Crippen molar-refractivity contribution in [2.45, 2.75) is 6.54 Å². The van der Waals surface area contributed by atoms with Crippen LogP contribution in [0.5, 0.6) is 0 Å². The van der Waals surface area contributed by atoms with Crippen molar-refractivity contribution in [2.24, 2.45) is 0 Å². The summed E-state index contributed by atoms with van der Waals surface area (Å²) in [7, 11) is 0. The molecule has 3 aromatic rings. The molecular weight excluding hydrogens is 258 g/mol. The maximum Gasteiger partial charge on any atom is 0.297 e. The minimum atomic E-state index is -0.432. The minimum Gasteiger partial charge on any atom is -0.316 e. The van der Waals surface area contributed by atoms with E-state index in [0.29, 0.717) is 12.2 Å². The van der Waals surface area contributed by atoms with Crippen molar-refractivity contribution in [3.05, 3.63) is 54.1 Å². The summed E-state index contributed by atoms with van der Waals surface area (Å²) >= 11 is 0. The van der Waals surface area contributed by atoms with Crippen LogP contribution in [-0.2, 0) is 6.54 Å². The molecule has 1 amide bonds. The van der Waals surface area contributed by atoms with Crippen LogP contribution in [0.1, 0.15) is 16.2 Å². The zero-order chi connectivity index (χ0) is 13.8. The third-order valence-electron chi connectivity index (χ3n) is 2.63. The van der Waals surface area contributed by atoms with Crippen LogP contribution in [0, 0.1) is 0 Å². The van der Waals surface area contributed by atoms with Gasteiger partial charge in [-0.25, -0.2) is 0 Å². The van der Waals surface area contributed by atoms with E-state index in [1.807, 2.05) is 30.3 Å². The van der Waals surface area contributed by atoms with Gasteiger partial charge in [0.15, 0.2) is 0 Å². The summed E-state index contributed by atoms with van der Waals surface area (Å²) in [6.07, 6.45) is 3.31. The number of H-pyrrole nitrogens is 1. The van der Waals surface area contributed by atoms with Crippen LogP contribution in [0.3, 0.4) is 0 Å². The lowest BCUT2D eigenvalue weighted by atomic mass is 10.2. The highest BCUT2D eigenvalue weighted by Gasteiger charge is 2.11. The number of carbonyl (C=O) groups is 1. The van der Waals surface area contributed by atoms with Crippen LogP contribution < -0.4 is 5.32 Å². The number of hydrogen-bond acceptors (Lipinski definition) is 5. The van der Waals surface area contributed by atoms with Gasteiger partial charge >= 0.3 is 0 Å². The molecule has 8 nitrogen and oxygen atoms in total. The second-order valence-electron chi connectivity index (χ2n) is 4.10. The number of nitrogens with one attached hydrogen (secondary N) is 2. The van der Waals surface area contributed by atoms with Crippen molar-refractivity contribution in [1.82, 2.24) is 30.4 Å². The number of anilines is 1. The summed E-state index contributed by atoms with van der Waals surface area (Å²) in [5.41, 5.74) is 1.71. The molecule has 0 atom stereocenters. The Kier molecular flexibility index (Phi) is 3.19. The predicted molar refractivity (Wildman–Crippen MR) is 69.9 cm³/mol. The quantitative estimate of drug-likeness (QED) is 0.725. The highest BCUT2D eigenvalue weighted by molar-refractivity contribution is 6.01. The van der Waals surface area contributed by atoms with E-state index in [1.165, 1.54) is 0 Å². The Hall–Kier alpha value is -3.03. The smallest absolute Gasteiger partial charge is 0.297 e. The second kappa shape index (κ2) is 5.31. The highest BCUT2D eigenvalue weighted by atomic mass is 16.2. The first-order valence-corrected chi connectivity index (χ1v) is 5.92. The van der Waals surface area contributed by atoms with E-state index in [-0.39, 0.29) is 5.82 Å². The standard InChI is InChI=1S/C12H11N7O/c20-12(11-15-17-18-16-11)14-10-6-13-19(8-10)7-9-4-2-1-3-5-9/h1-6,8H,7H2,(H,14,20)(H,15,16,17,18). The van der Waals surface area contributed by atoms with Gasteiger partial charge in [0, 0.05) is 6.20 Å². The van der Waals surface area contributed by atoms with Gasteiger partial charge in [0.1, 0.15) is 0 Å². The normalized spacial score (nSPS) is 10.4. The second-order valence-corrected chi connectivity index (χ2v) is 4.10. The fourth-order valence-electron chi connectivity index (χ4n) is 1.73. The van der Waals surface area contributed by atoms with Gasteiger partial charge in [0.25, 0.3) is 11.7 Å². The Morgan fingerprint density at radius 2 is 2.15 bits per heavy atom. The Balaban J connectivity index is 1.67. The van der Waals surface area contributed by atoms with Crippen molar-refractivity contribution in [1.29, 1.82) is 0 Å². The summed E-state index contributed by atoms with van der Waals surface area (Å²) in [5.74, 6) is -0.446. The van der Waals surface area contributed by atoms with Crippen molar-refractivity contribution in [3.8, 4) is 0 Å².